The molecular formula is C10H10F4N2O2. The third kappa shape index (κ3) is 3.33. The number of alkyl halides is 3. The lowest BCUT2D eigenvalue weighted by molar-refractivity contribution is -0.201. The molecule has 0 aliphatic carbocycles. The molecule has 4 nitrogen and oxygen atoms in total. The van der Waals surface area contributed by atoms with E-state index in [0.717, 1.165) is 12.1 Å². The van der Waals surface area contributed by atoms with Crippen LogP contribution < -0.4 is 11.1 Å². The summed E-state index contributed by atoms with van der Waals surface area (Å²) >= 11 is 0. The molecule has 100 valence electrons. The summed E-state index contributed by atoms with van der Waals surface area (Å²) < 4.78 is 48.9. The summed E-state index contributed by atoms with van der Waals surface area (Å²) in [6.45, 7) is -1.03. The zero-order valence-electron chi connectivity index (χ0n) is 8.96. The standard InChI is InChI=1S/C10H10F4N2O2/c11-6-3-1-2-5(8(6)15)9(18)16-4-7(17)10(12,13)14/h1-3,7,17H,4,15H2,(H,16,18). The van der Waals surface area contributed by atoms with E-state index in [1.807, 2.05) is 5.32 Å². The number of carbonyl (C=O) groups is 1. The number of hydrogen-bond acceptors (Lipinski definition) is 3. The highest BCUT2D eigenvalue weighted by molar-refractivity contribution is 5.99. The lowest BCUT2D eigenvalue weighted by atomic mass is 10.1. The number of aliphatic hydroxyl groups excluding tert-OH is 1. The molecule has 1 unspecified atom stereocenters. The highest BCUT2D eigenvalue weighted by Gasteiger charge is 2.38. The van der Waals surface area contributed by atoms with E-state index < -0.39 is 36.2 Å². The third-order valence-corrected chi connectivity index (χ3v) is 2.13. The van der Waals surface area contributed by atoms with Gasteiger partial charge in [-0.25, -0.2) is 4.39 Å². The summed E-state index contributed by atoms with van der Waals surface area (Å²) in [7, 11) is 0. The molecule has 0 fully saturated rings. The molecular weight excluding hydrogens is 256 g/mol. The zero-order valence-corrected chi connectivity index (χ0v) is 8.96. The lowest BCUT2D eigenvalue weighted by Crippen LogP contribution is -2.40. The Labute approximate surface area is 99.4 Å². The van der Waals surface area contributed by atoms with Gasteiger partial charge in [0.1, 0.15) is 5.82 Å². The Morgan fingerprint density at radius 2 is 2.06 bits per heavy atom. The number of carbonyl (C=O) groups excluding carboxylic acids is 1. The van der Waals surface area contributed by atoms with E-state index >= 15 is 0 Å². The largest absolute Gasteiger partial charge is 0.416 e. The molecule has 0 bridgehead atoms. The van der Waals surface area contributed by atoms with Crippen molar-refractivity contribution in [1.29, 1.82) is 0 Å². The Morgan fingerprint density at radius 1 is 1.44 bits per heavy atom. The fourth-order valence-electron chi connectivity index (χ4n) is 1.14. The number of nitrogens with two attached hydrogens (primary N) is 1. The van der Waals surface area contributed by atoms with Crippen LogP contribution in [-0.2, 0) is 0 Å². The molecule has 1 aromatic carbocycles. The van der Waals surface area contributed by atoms with Gasteiger partial charge in [0.15, 0.2) is 6.10 Å². The first-order valence-corrected chi connectivity index (χ1v) is 4.80. The van der Waals surface area contributed by atoms with Crippen LogP contribution in [0.1, 0.15) is 10.4 Å². The first-order valence-electron chi connectivity index (χ1n) is 4.80. The van der Waals surface area contributed by atoms with Gasteiger partial charge in [-0.15, -0.1) is 0 Å². The van der Waals surface area contributed by atoms with Gasteiger partial charge in [-0.05, 0) is 12.1 Å². The number of hydrogen-bond donors (Lipinski definition) is 3. The summed E-state index contributed by atoms with van der Waals surface area (Å²) in [5.74, 6) is -1.84. The first kappa shape index (κ1) is 14.2. The molecule has 4 N–H and O–H groups in total. The summed E-state index contributed by atoms with van der Waals surface area (Å²) in [5.41, 5.74) is 4.51. The van der Waals surface area contributed by atoms with E-state index in [4.69, 9.17) is 10.8 Å². The molecule has 0 aliphatic heterocycles. The molecule has 0 saturated carbocycles. The van der Waals surface area contributed by atoms with Crippen molar-refractivity contribution < 1.29 is 27.5 Å². The number of amides is 1. The number of rotatable bonds is 3. The van der Waals surface area contributed by atoms with Crippen LogP contribution in [0.5, 0.6) is 0 Å². The maximum atomic E-state index is 13.0. The van der Waals surface area contributed by atoms with Gasteiger partial charge in [0.25, 0.3) is 5.91 Å². The van der Waals surface area contributed by atoms with E-state index in [2.05, 4.69) is 0 Å². The third-order valence-electron chi connectivity index (χ3n) is 2.13. The van der Waals surface area contributed by atoms with Crippen LogP contribution in [0.2, 0.25) is 0 Å². The van der Waals surface area contributed by atoms with E-state index in [1.165, 1.54) is 6.07 Å². The molecule has 0 aromatic heterocycles. The fourth-order valence-corrected chi connectivity index (χ4v) is 1.14. The normalized spacial score (nSPS) is 13.2. The predicted octanol–water partition coefficient (Wildman–Crippen LogP) is 1.06. The van der Waals surface area contributed by atoms with Crippen molar-refractivity contribution in [2.24, 2.45) is 0 Å². The maximum absolute atomic E-state index is 13.0. The summed E-state index contributed by atoms with van der Waals surface area (Å²) in [6.07, 6.45) is -7.52. The predicted molar refractivity (Wildman–Crippen MR) is 55.2 cm³/mol. The summed E-state index contributed by atoms with van der Waals surface area (Å²) in [6, 6.07) is 3.37. The number of halogens is 4. The van der Waals surface area contributed by atoms with E-state index in [1.54, 1.807) is 0 Å². The van der Waals surface area contributed by atoms with Crippen molar-refractivity contribution in [2.75, 3.05) is 12.3 Å². The van der Waals surface area contributed by atoms with Crippen LogP contribution in [0, 0.1) is 5.82 Å². The van der Waals surface area contributed by atoms with Crippen molar-refractivity contribution in [3.05, 3.63) is 29.6 Å². The number of nitrogens with one attached hydrogen (secondary N) is 1. The highest BCUT2D eigenvalue weighted by atomic mass is 19.4. The number of benzene rings is 1. The Hall–Kier alpha value is -1.83. The number of anilines is 1. The van der Waals surface area contributed by atoms with Crippen molar-refractivity contribution in [2.45, 2.75) is 12.3 Å². The second-order valence-corrected chi connectivity index (χ2v) is 3.47. The molecule has 18 heavy (non-hydrogen) atoms. The van der Waals surface area contributed by atoms with Crippen LogP contribution >= 0.6 is 0 Å². The van der Waals surface area contributed by atoms with Gasteiger partial charge < -0.3 is 16.2 Å². The van der Waals surface area contributed by atoms with Crippen molar-refractivity contribution in [3.8, 4) is 0 Å². The highest BCUT2D eigenvalue weighted by Crippen LogP contribution is 2.20. The van der Waals surface area contributed by atoms with Gasteiger partial charge in [0.05, 0.1) is 17.8 Å². The van der Waals surface area contributed by atoms with Crippen LogP contribution in [0.25, 0.3) is 0 Å². The molecule has 1 amide bonds. The van der Waals surface area contributed by atoms with Crippen molar-refractivity contribution in [1.82, 2.24) is 5.32 Å². The Balaban J connectivity index is 2.70. The molecule has 1 atom stereocenters. The minimum absolute atomic E-state index is 0.288. The molecule has 1 aromatic rings. The number of aliphatic hydroxyl groups is 1. The molecule has 0 spiro atoms. The van der Waals surface area contributed by atoms with Gasteiger partial charge in [-0.1, -0.05) is 6.07 Å². The van der Waals surface area contributed by atoms with Crippen LogP contribution in [0.15, 0.2) is 18.2 Å². The summed E-state index contributed by atoms with van der Waals surface area (Å²) in [5, 5.41) is 10.5. The number of para-hydroxylation sites is 1. The Morgan fingerprint density at radius 3 is 2.61 bits per heavy atom. The second kappa shape index (κ2) is 5.21. The SMILES string of the molecule is Nc1c(F)cccc1C(=O)NCC(O)C(F)(F)F. The zero-order chi connectivity index (χ0) is 13.9. The van der Waals surface area contributed by atoms with E-state index in [9.17, 15) is 22.4 Å². The monoisotopic (exact) mass is 266 g/mol. The molecule has 0 radical (unpaired) electrons. The smallest absolute Gasteiger partial charge is 0.396 e. The Bertz CT molecular complexity index is 448. The van der Waals surface area contributed by atoms with Gasteiger partial charge in [-0.2, -0.15) is 13.2 Å². The molecule has 0 saturated heterocycles. The minimum Gasteiger partial charge on any atom is -0.396 e. The Kier molecular flexibility index (Phi) is 4.12. The molecule has 8 heteroatoms. The molecule has 0 heterocycles. The van der Waals surface area contributed by atoms with Crippen molar-refractivity contribution in [3.63, 3.8) is 0 Å². The van der Waals surface area contributed by atoms with Crippen LogP contribution in [0.3, 0.4) is 0 Å². The first-order chi connectivity index (χ1) is 8.23. The topological polar surface area (TPSA) is 75.4 Å². The van der Waals surface area contributed by atoms with Gasteiger partial charge >= 0.3 is 6.18 Å². The van der Waals surface area contributed by atoms with Gasteiger partial charge in [-0.3, -0.25) is 4.79 Å². The summed E-state index contributed by atoms with van der Waals surface area (Å²) in [4.78, 5) is 11.4. The van der Waals surface area contributed by atoms with Crippen molar-refractivity contribution >= 4 is 11.6 Å². The number of nitrogen functional groups attached to an aromatic ring is 1. The fraction of sp³-hybridized carbons (Fsp3) is 0.300. The second-order valence-electron chi connectivity index (χ2n) is 3.47. The maximum Gasteiger partial charge on any atom is 0.416 e. The van der Waals surface area contributed by atoms with Crippen LogP contribution in [-0.4, -0.2) is 29.8 Å². The van der Waals surface area contributed by atoms with E-state index in [0.29, 0.717) is 0 Å². The quantitative estimate of drug-likeness (QED) is 0.565. The van der Waals surface area contributed by atoms with Crippen LogP contribution in [0.4, 0.5) is 23.2 Å². The lowest BCUT2D eigenvalue weighted by Gasteiger charge is -2.15. The average Bonchev–Trinajstić information content (AvgIpc) is 2.27. The van der Waals surface area contributed by atoms with Gasteiger partial charge in [0.2, 0.25) is 0 Å². The minimum atomic E-state index is -4.83. The van der Waals surface area contributed by atoms with E-state index in [-0.39, 0.29) is 5.56 Å². The molecule has 1 rings (SSSR count). The average molecular weight is 266 g/mol. The van der Waals surface area contributed by atoms with Gasteiger partial charge in [0, 0.05) is 0 Å². The molecule has 0 aliphatic rings.